The molecule has 0 bridgehead atoms. The largest absolute Gasteiger partial charge is 0.288 e. The van der Waals surface area contributed by atoms with Gasteiger partial charge in [-0.1, -0.05) is 0 Å². The molecule has 0 aliphatic carbocycles. The summed E-state index contributed by atoms with van der Waals surface area (Å²) in [5.41, 5.74) is 2.04. The van der Waals surface area contributed by atoms with E-state index in [9.17, 15) is 9.18 Å². The lowest BCUT2D eigenvalue weighted by molar-refractivity contribution is 0.104. The van der Waals surface area contributed by atoms with Crippen molar-refractivity contribution in [1.82, 2.24) is 0 Å². The van der Waals surface area contributed by atoms with E-state index in [0.717, 1.165) is 15.3 Å². The maximum absolute atomic E-state index is 13.1. The molecule has 0 unspecified atom stereocenters. The third kappa shape index (κ3) is 2.29. The van der Waals surface area contributed by atoms with Gasteiger partial charge in [-0.15, -0.1) is 11.3 Å². The molecule has 0 N–H and O–H groups in total. The normalized spacial score (nSPS) is 10.6. The van der Waals surface area contributed by atoms with Gasteiger partial charge in [-0.3, -0.25) is 4.79 Å². The third-order valence-corrected chi connectivity index (χ3v) is 3.82. The molecular formula is C14H13FOS. The van der Waals surface area contributed by atoms with Crippen molar-refractivity contribution in [3.63, 3.8) is 0 Å². The fourth-order valence-electron chi connectivity index (χ4n) is 1.78. The van der Waals surface area contributed by atoms with E-state index in [1.165, 1.54) is 17.4 Å². The number of rotatable bonds is 2. The summed E-state index contributed by atoms with van der Waals surface area (Å²) >= 11 is 1.48. The zero-order valence-electron chi connectivity index (χ0n) is 10.0. The first-order chi connectivity index (χ1) is 7.99. The zero-order chi connectivity index (χ0) is 12.6. The van der Waals surface area contributed by atoms with E-state index < -0.39 is 0 Å². The van der Waals surface area contributed by atoms with Crippen LogP contribution in [0.25, 0.3) is 0 Å². The molecule has 0 aliphatic heterocycles. The summed E-state index contributed by atoms with van der Waals surface area (Å²) in [6.07, 6.45) is 0. The summed E-state index contributed by atoms with van der Waals surface area (Å²) in [7, 11) is 0. The third-order valence-electron chi connectivity index (χ3n) is 2.67. The summed E-state index contributed by atoms with van der Waals surface area (Å²) in [5.74, 6) is -0.302. The molecule has 0 amide bonds. The van der Waals surface area contributed by atoms with Gasteiger partial charge in [0, 0.05) is 10.4 Å². The van der Waals surface area contributed by atoms with Crippen LogP contribution in [-0.2, 0) is 0 Å². The molecule has 0 spiro atoms. The molecule has 0 fully saturated rings. The summed E-state index contributed by atoms with van der Waals surface area (Å²) in [6, 6.07) is 6.48. The first-order valence-corrected chi connectivity index (χ1v) is 6.18. The molecule has 17 heavy (non-hydrogen) atoms. The Morgan fingerprint density at radius 1 is 1.12 bits per heavy atom. The number of carbonyl (C=O) groups is 1. The molecular weight excluding hydrogens is 235 g/mol. The van der Waals surface area contributed by atoms with Crippen LogP contribution >= 0.6 is 11.3 Å². The molecule has 3 heteroatoms. The minimum Gasteiger partial charge on any atom is -0.288 e. The Morgan fingerprint density at radius 2 is 1.82 bits per heavy atom. The maximum Gasteiger partial charge on any atom is 0.203 e. The van der Waals surface area contributed by atoms with Gasteiger partial charge in [-0.25, -0.2) is 4.39 Å². The van der Waals surface area contributed by atoms with Gasteiger partial charge in [0.2, 0.25) is 5.78 Å². The van der Waals surface area contributed by atoms with Gasteiger partial charge in [-0.05, 0) is 56.2 Å². The number of hydrogen-bond acceptors (Lipinski definition) is 2. The summed E-state index contributed by atoms with van der Waals surface area (Å²) in [4.78, 5) is 14.1. The molecule has 0 radical (unpaired) electrons. The van der Waals surface area contributed by atoms with E-state index in [4.69, 9.17) is 0 Å². The van der Waals surface area contributed by atoms with Crippen LogP contribution in [0.5, 0.6) is 0 Å². The minimum absolute atomic E-state index is 0.0244. The van der Waals surface area contributed by atoms with Crippen molar-refractivity contribution in [2.45, 2.75) is 20.8 Å². The first kappa shape index (κ1) is 12.0. The number of hydrogen-bond donors (Lipinski definition) is 0. The van der Waals surface area contributed by atoms with Gasteiger partial charge < -0.3 is 0 Å². The lowest BCUT2D eigenvalue weighted by atomic mass is 10.0. The van der Waals surface area contributed by atoms with E-state index in [0.29, 0.717) is 11.1 Å². The molecule has 2 aromatic rings. The fourth-order valence-corrected chi connectivity index (χ4v) is 2.77. The minimum atomic E-state index is -0.277. The van der Waals surface area contributed by atoms with Gasteiger partial charge >= 0.3 is 0 Å². The molecule has 1 heterocycles. The van der Waals surface area contributed by atoms with Crippen molar-refractivity contribution in [2.24, 2.45) is 0 Å². The Balaban J connectivity index is 2.44. The van der Waals surface area contributed by atoms with E-state index in [2.05, 4.69) is 0 Å². The van der Waals surface area contributed by atoms with Crippen LogP contribution in [0.3, 0.4) is 0 Å². The molecule has 0 saturated carbocycles. The number of carbonyl (C=O) groups excluding carboxylic acids is 1. The van der Waals surface area contributed by atoms with Crippen LogP contribution in [0.4, 0.5) is 4.39 Å². The van der Waals surface area contributed by atoms with Crippen molar-refractivity contribution in [3.8, 4) is 0 Å². The van der Waals surface area contributed by atoms with Gasteiger partial charge in [0.15, 0.2) is 0 Å². The van der Waals surface area contributed by atoms with E-state index >= 15 is 0 Å². The molecule has 1 nitrogen and oxygen atoms in total. The highest BCUT2D eigenvalue weighted by Crippen LogP contribution is 2.24. The standard InChI is InChI=1S/C14H13FOS/c1-8-7-11(4-5-12(8)15)13(16)14-9(2)6-10(3)17-14/h4-7H,1-3H3. The van der Waals surface area contributed by atoms with Crippen molar-refractivity contribution in [3.05, 3.63) is 56.5 Å². The molecule has 0 aliphatic rings. The van der Waals surface area contributed by atoms with Crippen molar-refractivity contribution in [1.29, 1.82) is 0 Å². The molecule has 2 rings (SSSR count). The van der Waals surface area contributed by atoms with Crippen LogP contribution in [0.15, 0.2) is 24.3 Å². The highest BCUT2D eigenvalue weighted by atomic mass is 32.1. The van der Waals surface area contributed by atoms with Gasteiger partial charge in [0.05, 0.1) is 4.88 Å². The van der Waals surface area contributed by atoms with Gasteiger partial charge in [-0.2, -0.15) is 0 Å². The van der Waals surface area contributed by atoms with E-state index in [-0.39, 0.29) is 11.6 Å². The number of ketones is 1. The summed E-state index contributed by atoms with van der Waals surface area (Å²) in [6.45, 7) is 5.57. The lowest BCUT2D eigenvalue weighted by Crippen LogP contribution is -2.01. The predicted octanol–water partition coefficient (Wildman–Crippen LogP) is 4.04. The smallest absolute Gasteiger partial charge is 0.203 e. The second-order valence-corrected chi connectivity index (χ2v) is 5.42. The number of aryl methyl sites for hydroxylation is 3. The second kappa shape index (κ2) is 4.41. The molecule has 0 atom stereocenters. The average molecular weight is 248 g/mol. The topological polar surface area (TPSA) is 17.1 Å². The van der Waals surface area contributed by atoms with Crippen LogP contribution in [0, 0.1) is 26.6 Å². The molecule has 88 valence electrons. The molecule has 1 aromatic heterocycles. The average Bonchev–Trinajstić information content (AvgIpc) is 2.61. The summed E-state index contributed by atoms with van der Waals surface area (Å²) < 4.78 is 13.1. The van der Waals surface area contributed by atoms with E-state index in [1.54, 1.807) is 19.1 Å². The quantitative estimate of drug-likeness (QED) is 0.733. The van der Waals surface area contributed by atoms with Crippen molar-refractivity contribution in [2.75, 3.05) is 0 Å². The van der Waals surface area contributed by atoms with Gasteiger partial charge in [0.1, 0.15) is 5.82 Å². The second-order valence-electron chi connectivity index (χ2n) is 4.16. The van der Waals surface area contributed by atoms with Crippen LogP contribution in [-0.4, -0.2) is 5.78 Å². The Labute approximate surface area is 104 Å². The Morgan fingerprint density at radius 3 is 2.35 bits per heavy atom. The zero-order valence-corrected chi connectivity index (χ0v) is 10.8. The number of halogens is 1. The number of benzene rings is 1. The Bertz CT molecular complexity index is 584. The van der Waals surface area contributed by atoms with Gasteiger partial charge in [0.25, 0.3) is 0 Å². The first-order valence-electron chi connectivity index (χ1n) is 5.37. The molecule has 1 aromatic carbocycles. The SMILES string of the molecule is Cc1cc(C)c(C(=O)c2ccc(F)c(C)c2)s1. The Kier molecular flexibility index (Phi) is 3.11. The van der Waals surface area contributed by atoms with Crippen LogP contribution in [0.1, 0.15) is 31.2 Å². The lowest BCUT2D eigenvalue weighted by Gasteiger charge is -2.02. The van der Waals surface area contributed by atoms with Crippen molar-refractivity contribution < 1.29 is 9.18 Å². The fraction of sp³-hybridized carbons (Fsp3) is 0.214. The number of thiophene rings is 1. The summed E-state index contributed by atoms with van der Waals surface area (Å²) in [5, 5.41) is 0. The monoisotopic (exact) mass is 248 g/mol. The van der Waals surface area contributed by atoms with E-state index in [1.807, 2.05) is 19.9 Å². The van der Waals surface area contributed by atoms with Crippen LogP contribution < -0.4 is 0 Å². The Hall–Kier alpha value is -1.48. The van der Waals surface area contributed by atoms with Crippen LogP contribution in [0.2, 0.25) is 0 Å². The van der Waals surface area contributed by atoms with Crippen molar-refractivity contribution >= 4 is 17.1 Å². The maximum atomic E-state index is 13.1. The predicted molar refractivity (Wildman–Crippen MR) is 68.4 cm³/mol. The highest BCUT2D eigenvalue weighted by molar-refractivity contribution is 7.14. The molecule has 0 saturated heterocycles. The highest BCUT2D eigenvalue weighted by Gasteiger charge is 2.15.